The molecule has 3 heteroatoms. The number of aromatic amines is 1. The van der Waals surface area contributed by atoms with Gasteiger partial charge in [0.05, 0.1) is 0 Å². The van der Waals surface area contributed by atoms with E-state index in [9.17, 15) is 0 Å². The van der Waals surface area contributed by atoms with Crippen LogP contribution in [-0.2, 0) is 0 Å². The number of aryl methyl sites for hydroxylation is 1. The van der Waals surface area contributed by atoms with Crippen LogP contribution < -0.4 is 11.1 Å². The topological polar surface area (TPSA) is 53.8 Å². The van der Waals surface area contributed by atoms with Gasteiger partial charge in [0.1, 0.15) is 0 Å². The van der Waals surface area contributed by atoms with Crippen LogP contribution in [0, 0.1) is 6.92 Å². The van der Waals surface area contributed by atoms with Crippen molar-refractivity contribution in [3.8, 4) is 0 Å². The standard InChI is InChI=1S/C15H23N3/c1-10(16)8-9-14(17-3)15-11(2)18-13-7-5-4-6-12(13)15/h4-7,10,14,17-18H,8-9,16H2,1-3H3. The highest BCUT2D eigenvalue weighted by atomic mass is 14.9. The van der Waals surface area contributed by atoms with E-state index in [2.05, 4.69) is 48.4 Å². The zero-order valence-corrected chi connectivity index (χ0v) is 11.5. The van der Waals surface area contributed by atoms with Gasteiger partial charge in [-0.25, -0.2) is 0 Å². The third-order valence-corrected chi connectivity index (χ3v) is 3.55. The van der Waals surface area contributed by atoms with Crippen LogP contribution in [0.2, 0.25) is 0 Å². The average molecular weight is 245 g/mol. The zero-order valence-electron chi connectivity index (χ0n) is 11.5. The summed E-state index contributed by atoms with van der Waals surface area (Å²) in [7, 11) is 2.02. The van der Waals surface area contributed by atoms with Crippen molar-refractivity contribution >= 4 is 10.9 Å². The monoisotopic (exact) mass is 245 g/mol. The lowest BCUT2D eigenvalue weighted by Crippen LogP contribution is -2.21. The fraction of sp³-hybridized carbons (Fsp3) is 0.467. The van der Waals surface area contributed by atoms with E-state index in [1.807, 2.05) is 7.05 Å². The van der Waals surface area contributed by atoms with Crippen molar-refractivity contribution in [3.05, 3.63) is 35.5 Å². The summed E-state index contributed by atoms with van der Waals surface area (Å²) in [4.78, 5) is 3.46. The van der Waals surface area contributed by atoms with Crippen molar-refractivity contribution in [1.82, 2.24) is 10.3 Å². The predicted octanol–water partition coefficient (Wildman–Crippen LogP) is 2.86. The van der Waals surface area contributed by atoms with Crippen molar-refractivity contribution in [2.45, 2.75) is 38.8 Å². The first kappa shape index (κ1) is 13.1. The van der Waals surface area contributed by atoms with E-state index in [0.29, 0.717) is 6.04 Å². The highest BCUT2D eigenvalue weighted by Crippen LogP contribution is 2.30. The SMILES string of the molecule is CNC(CCC(C)N)c1c(C)[nH]c2ccccc12. The summed E-state index contributed by atoms with van der Waals surface area (Å²) in [6, 6.07) is 9.10. The molecule has 3 nitrogen and oxygen atoms in total. The summed E-state index contributed by atoms with van der Waals surface area (Å²) in [6.45, 7) is 4.21. The van der Waals surface area contributed by atoms with Gasteiger partial charge in [0.2, 0.25) is 0 Å². The molecule has 0 saturated carbocycles. The number of rotatable bonds is 5. The van der Waals surface area contributed by atoms with Gasteiger partial charge in [-0.1, -0.05) is 18.2 Å². The Morgan fingerprint density at radius 2 is 2.00 bits per heavy atom. The van der Waals surface area contributed by atoms with Crippen molar-refractivity contribution in [3.63, 3.8) is 0 Å². The van der Waals surface area contributed by atoms with E-state index in [1.54, 1.807) is 0 Å². The van der Waals surface area contributed by atoms with Crippen LogP contribution in [0.25, 0.3) is 10.9 Å². The number of nitrogens with one attached hydrogen (secondary N) is 2. The van der Waals surface area contributed by atoms with Crippen molar-refractivity contribution < 1.29 is 0 Å². The van der Waals surface area contributed by atoms with Gasteiger partial charge in [-0.15, -0.1) is 0 Å². The molecule has 2 aromatic rings. The van der Waals surface area contributed by atoms with Gasteiger partial charge >= 0.3 is 0 Å². The summed E-state index contributed by atoms with van der Waals surface area (Å²) in [5.41, 5.74) is 9.71. The quantitative estimate of drug-likeness (QED) is 0.758. The number of benzene rings is 1. The Hall–Kier alpha value is -1.32. The highest BCUT2D eigenvalue weighted by molar-refractivity contribution is 5.85. The Balaban J connectivity index is 2.35. The molecule has 0 amide bonds. The molecule has 1 aromatic heterocycles. The first-order valence-corrected chi connectivity index (χ1v) is 6.63. The van der Waals surface area contributed by atoms with Crippen LogP contribution in [0.4, 0.5) is 0 Å². The van der Waals surface area contributed by atoms with Crippen LogP contribution in [-0.4, -0.2) is 18.1 Å². The first-order valence-electron chi connectivity index (χ1n) is 6.63. The summed E-state index contributed by atoms with van der Waals surface area (Å²) < 4.78 is 0. The van der Waals surface area contributed by atoms with E-state index < -0.39 is 0 Å². The Morgan fingerprint density at radius 3 is 2.67 bits per heavy atom. The Morgan fingerprint density at radius 1 is 1.28 bits per heavy atom. The number of H-pyrrole nitrogens is 1. The third kappa shape index (κ3) is 2.57. The second-order valence-electron chi connectivity index (χ2n) is 5.11. The maximum absolute atomic E-state index is 5.86. The molecule has 2 rings (SSSR count). The molecular formula is C15H23N3. The molecule has 0 aliphatic carbocycles. The van der Waals surface area contributed by atoms with E-state index in [1.165, 1.54) is 22.2 Å². The van der Waals surface area contributed by atoms with Gasteiger partial charge in [0.15, 0.2) is 0 Å². The fourth-order valence-corrected chi connectivity index (χ4v) is 2.61. The van der Waals surface area contributed by atoms with Crippen molar-refractivity contribution in [2.24, 2.45) is 5.73 Å². The fourth-order valence-electron chi connectivity index (χ4n) is 2.61. The minimum atomic E-state index is 0.256. The molecular weight excluding hydrogens is 222 g/mol. The largest absolute Gasteiger partial charge is 0.358 e. The molecule has 18 heavy (non-hydrogen) atoms. The molecule has 0 saturated heterocycles. The lowest BCUT2D eigenvalue weighted by molar-refractivity contribution is 0.497. The number of fused-ring (bicyclic) bond motifs is 1. The predicted molar refractivity (Wildman–Crippen MR) is 77.7 cm³/mol. The van der Waals surface area contributed by atoms with E-state index >= 15 is 0 Å². The molecule has 0 aliphatic rings. The lowest BCUT2D eigenvalue weighted by atomic mass is 9.97. The van der Waals surface area contributed by atoms with Crippen LogP contribution in [0.1, 0.15) is 37.1 Å². The highest BCUT2D eigenvalue weighted by Gasteiger charge is 2.17. The van der Waals surface area contributed by atoms with Crippen molar-refractivity contribution in [1.29, 1.82) is 0 Å². The summed E-state index contributed by atoms with van der Waals surface area (Å²) in [5, 5.41) is 4.74. The normalized spacial score (nSPS) is 14.9. The van der Waals surface area contributed by atoms with E-state index in [0.717, 1.165) is 12.8 Å². The summed E-state index contributed by atoms with van der Waals surface area (Å²) in [5.74, 6) is 0. The zero-order chi connectivity index (χ0) is 13.1. The molecule has 1 aromatic carbocycles. The molecule has 2 unspecified atom stereocenters. The van der Waals surface area contributed by atoms with Crippen LogP contribution >= 0.6 is 0 Å². The van der Waals surface area contributed by atoms with Crippen molar-refractivity contribution in [2.75, 3.05) is 7.05 Å². The number of nitrogens with two attached hydrogens (primary N) is 1. The van der Waals surface area contributed by atoms with Gasteiger partial charge in [0, 0.05) is 28.7 Å². The minimum absolute atomic E-state index is 0.256. The second-order valence-corrected chi connectivity index (χ2v) is 5.11. The van der Waals surface area contributed by atoms with Gasteiger partial charge in [0.25, 0.3) is 0 Å². The lowest BCUT2D eigenvalue weighted by Gasteiger charge is -2.18. The average Bonchev–Trinajstić information content (AvgIpc) is 2.67. The molecule has 0 radical (unpaired) electrons. The van der Waals surface area contributed by atoms with Gasteiger partial charge in [-0.05, 0) is 45.4 Å². The van der Waals surface area contributed by atoms with Crippen LogP contribution in [0.5, 0.6) is 0 Å². The number of hydrogen-bond donors (Lipinski definition) is 3. The molecule has 0 spiro atoms. The van der Waals surface area contributed by atoms with Gasteiger partial charge < -0.3 is 16.0 Å². The summed E-state index contributed by atoms with van der Waals surface area (Å²) >= 11 is 0. The molecule has 0 bridgehead atoms. The molecule has 4 N–H and O–H groups in total. The van der Waals surface area contributed by atoms with Gasteiger partial charge in [-0.2, -0.15) is 0 Å². The molecule has 1 heterocycles. The Bertz CT molecular complexity index is 513. The summed E-state index contributed by atoms with van der Waals surface area (Å²) in [6.07, 6.45) is 2.10. The minimum Gasteiger partial charge on any atom is -0.358 e. The maximum atomic E-state index is 5.86. The number of aromatic nitrogens is 1. The molecule has 2 atom stereocenters. The van der Waals surface area contributed by atoms with Crippen LogP contribution in [0.15, 0.2) is 24.3 Å². The molecule has 98 valence electrons. The first-order chi connectivity index (χ1) is 8.63. The van der Waals surface area contributed by atoms with E-state index in [4.69, 9.17) is 5.73 Å². The second kappa shape index (κ2) is 5.55. The number of hydrogen-bond acceptors (Lipinski definition) is 2. The maximum Gasteiger partial charge on any atom is 0.0459 e. The Kier molecular flexibility index (Phi) is 4.04. The molecule has 0 fully saturated rings. The molecule has 0 aliphatic heterocycles. The number of para-hydroxylation sites is 1. The Labute approximate surface area is 109 Å². The van der Waals surface area contributed by atoms with Crippen LogP contribution in [0.3, 0.4) is 0 Å². The van der Waals surface area contributed by atoms with E-state index in [-0.39, 0.29) is 6.04 Å². The smallest absolute Gasteiger partial charge is 0.0459 e. The van der Waals surface area contributed by atoms with Gasteiger partial charge in [-0.3, -0.25) is 0 Å². The third-order valence-electron chi connectivity index (χ3n) is 3.55.